The van der Waals surface area contributed by atoms with Crippen LogP contribution in [0.1, 0.15) is 0 Å². The van der Waals surface area contributed by atoms with Crippen LogP contribution in [0.15, 0.2) is 0 Å². The number of carboxylic acid groups (broad SMARTS) is 3. The number of carbonyl (C=O) groups is 3. The molecular weight excluding hydrogens is 606 g/mol. The molecule has 0 heterocycles. The van der Waals surface area contributed by atoms with E-state index in [0.29, 0.717) is 0 Å². The third-order valence-electron chi connectivity index (χ3n) is 2.61. The van der Waals surface area contributed by atoms with Crippen LogP contribution in [0.5, 0.6) is 0 Å². The molecule has 6 atom stereocenters. The van der Waals surface area contributed by atoms with Crippen molar-refractivity contribution < 1.29 is 192 Å². The third-order valence-corrected chi connectivity index (χ3v) is 5.52. The van der Waals surface area contributed by atoms with Gasteiger partial charge in [-0.2, -0.15) is 0 Å². The topological polar surface area (TPSA) is 414 Å². The van der Waals surface area contributed by atoms with Crippen molar-refractivity contribution in [2.24, 2.45) is 0 Å². The van der Waals surface area contributed by atoms with E-state index < -0.39 is 76.5 Å². The third kappa shape index (κ3) is 22.4. The van der Waals surface area contributed by atoms with Crippen molar-refractivity contribution in [1.29, 1.82) is 0 Å². The summed E-state index contributed by atoms with van der Waals surface area (Å²) >= 11 is 0. The molecule has 0 aromatic rings. The van der Waals surface area contributed by atoms with Crippen molar-refractivity contribution in [3.8, 4) is 0 Å². The molecule has 0 spiro atoms. The number of aliphatic hydroxyl groups excluding tert-OH is 6. The van der Waals surface area contributed by atoms with Crippen LogP contribution in [-0.4, -0.2) is 114 Å². The Morgan fingerprint density at radius 1 is 0.444 bits per heavy atom. The Balaban J connectivity index is -0.0000000900. The molecule has 12 N–H and O–H groups in total. The average Bonchev–Trinajstić information content (AvgIpc) is 2.62. The van der Waals surface area contributed by atoms with E-state index in [2.05, 4.69) is 0 Å². The average molecular weight is 624 g/mol. The van der Waals surface area contributed by atoms with Crippen molar-refractivity contribution in [3.63, 3.8) is 0 Å². The van der Waals surface area contributed by atoms with Crippen LogP contribution in [0.3, 0.4) is 0 Å². The van der Waals surface area contributed by atoms with Crippen molar-refractivity contribution in [1.82, 2.24) is 0 Å². The molecule has 0 bridgehead atoms. The second-order valence-corrected chi connectivity index (χ2v) is 10.4. The van der Waals surface area contributed by atoms with E-state index >= 15 is 0 Å². The maximum Gasteiger partial charge on any atom is 1.00 e. The predicted molar refractivity (Wildman–Crippen MR) is 87.2 cm³/mol. The first-order valence-corrected chi connectivity index (χ1v) is 12.2. The fraction of sp³-hybridized carbons (Fsp3) is 0.667. The molecule has 0 saturated carbocycles. The Kier molecular flexibility index (Phi) is 30.0. The Labute approximate surface area is 266 Å². The molecule has 27 heteroatoms. The molecule has 0 aliphatic rings. The molecule has 0 amide bonds. The first kappa shape index (κ1) is 50.5. The van der Waals surface area contributed by atoms with Gasteiger partial charge < -0.3 is 89.7 Å². The minimum absolute atomic E-state index is 0. The normalized spacial score (nSPS) is 16.0. The first-order chi connectivity index (χ1) is 14.3. The van der Waals surface area contributed by atoms with Gasteiger partial charge in [0, 0.05) is 0 Å². The van der Waals surface area contributed by atoms with Gasteiger partial charge in [-0.25, -0.2) is 0 Å². The second-order valence-electron chi connectivity index (χ2n) is 5.30. The van der Waals surface area contributed by atoms with E-state index in [9.17, 15) is 43.4 Å². The minimum atomic E-state index is -4.98. The van der Waals surface area contributed by atoms with Crippen LogP contribution in [0.2, 0.25) is 0 Å². The molecule has 0 aliphatic heterocycles. The van der Waals surface area contributed by atoms with Gasteiger partial charge in [-0.15, -0.1) is 0 Å². The van der Waals surface area contributed by atoms with Crippen molar-refractivity contribution in [3.05, 3.63) is 0 Å². The van der Waals surface area contributed by atoms with E-state index in [-0.39, 0.29) is 88.7 Å². The van der Waals surface area contributed by atoms with Gasteiger partial charge in [0.15, 0.2) is 17.5 Å². The zero-order valence-electron chi connectivity index (χ0n) is 18.3. The Hall–Kier alpha value is 1.62. The van der Waals surface area contributed by atoms with Gasteiger partial charge in [-0.1, -0.05) is 0 Å². The summed E-state index contributed by atoms with van der Waals surface area (Å²) in [4.78, 5) is 77.9. The molecule has 0 aliphatic carbocycles. The van der Waals surface area contributed by atoms with Crippen molar-refractivity contribution >= 4 is 40.7 Å². The Bertz CT molecular complexity index is 701. The van der Waals surface area contributed by atoms with Crippen LogP contribution in [0.25, 0.3) is 0 Å². The quantitative estimate of drug-likeness (QED) is 0.0836. The van der Waals surface area contributed by atoms with Gasteiger partial charge in [0.05, 0.1) is 17.9 Å². The van der Waals surface area contributed by atoms with Crippen LogP contribution in [-0.2, 0) is 28.1 Å². The van der Waals surface area contributed by atoms with Gasteiger partial charge in [-0.05, 0) is 0 Å². The molecule has 21 nitrogen and oxygen atoms in total. The summed E-state index contributed by atoms with van der Waals surface area (Å²) in [5.41, 5.74) is 0. The fourth-order valence-electron chi connectivity index (χ4n) is 0.917. The Morgan fingerprint density at radius 3 is 0.583 bits per heavy atom. The van der Waals surface area contributed by atoms with Crippen LogP contribution >= 0.6 is 22.8 Å². The molecule has 0 radical (unpaired) electrons. The number of aliphatic hydroxyl groups is 6. The molecule has 0 saturated heterocycles. The monoisotopic (exact) mass is 624 g/mol. The summed E-state index contributed by atoms with van der Waals surface area (Å²) in [6, 6.07) is 0. The van der Waals surface area contributed by atoms with E-state index in [1.807, 2.05) is 0 Å². The predicted octanol–water partition coefficient (Wildman–Crippen LogP) is -19.2. The summed E-state index contributed by atoms with van der Waals surface area (Å²) in [6.45, 7) is 0. The van der Waals surface area contributed by atoms with Gasteiger partial charge in [0.25, 0.3) is 0 Å². The molecule has 6 unspecified atom stereocenters. The van der Waals surface area contributed by atoms with Gasteiger partial charge in [-0.3, -0.25) is 13.7 Å². The molecule has 36 heavy (non-hydrogen) atoms. The minimum Gasteiger partial charge on any atom is -0.547 e. The summed E-state index contributed by atoms with van der Waals surface area (Å²) in [5.74, 6) is -14.3. The van der Waals surface area contributed by atoms with Gasteiger partial charge in [0.1, 0.15) is 18.3 Å². The zero-order chi connectivity index (χ0) is 27.7. The summed E-state index contributed by atoms with van der Waals surface area (Å²) in [7, 11) is -14.9. The Morgan fingerprint density at radius 2 is 0.556 bits per heavy atom. The number of hydrogen-bond donors (Lipinski definition) is 12. The summed E-state index contributed by atoms with van der Waals surface area (Å²) in [6.07, 6.45) is -7.72. The van der Waals surface area contributed by atoms with Crippen LogP contribution in [0.4, 0.5) is 0 Å². The molecule has 0 aromatic carbocycles. The number of hydrogen-bond acceptors (Lipinski definition) is 15. The zero-order valence-corrected chi connectivity index (χ0v) is 27.0. The standard InChI is InChI=1S/3C3H7O7P.3Na/c3*4-1(2(5)6)3(7)11(8,9)10;;;/h3*1,3-4,7H,(H,5,6)(H2,8,9,10);;;/q;;;3*+1/p-3. The van der Waals surface area contributed by atoms with E-state index in [0.717, 1.165) is 0 Å². The first-order valence-electron chi connectivity index (χ1n) is 7.16. The SMILES string of the molecule is O=C([O-])C(O)C(O)P(=O)(O)O.O=C([O-])C(O)C(O)P(=O)(O)O.O=C([O-])C(O)C(O)P(=O)(O)O.[Na+].[Na+].[Na+]. The molecule has 0 fully saturated rings. The second kappa shape index (κ2) is 21.4. The number of rotatable bonds is 9. The largest absolute Gasteiger partial charge is 1.00 e. The maximum absolute atomic E-state index is 10.1. The number of aliphatic carboxylic acids is 3. The molecule has 0 rings (SSSR count). The summed E-state index contributed by atoms with van der Waals surface area (Å²) in [5, 5.41) is 79.3. The molecular formula is C9H18Na3O21P3. The van der Waals surface area contributed by atoms with Crippen LogP contribution < -0.4 is 104 Å². The molecule has 198 valence electrons. The molecule has 0 aromatic heterocycles. The number of carboxylic acids is 3. The van der Waals surface area contributed by atoms with Crippen molar-refractivity contribution in [2.45, 2.75) is 35.8 Å². The number of carbonyl (C=O) groups excluding carboxylic acids is 3. The fourth-order valence-corrected chi connectivity index (χ4v) is 2.39. The van der Waals surface area contributed by atoms with Crippen LogP contribution in [0, 0.1) is 0 Å². The van der Waals surface area contributed by atoms with E-state index in [1.54, 1.807) is 0 Å². The van der Waals surface area contributed by atoms with E-state index in [4.69, 9.17) is 60.0 Å². The summed E-state index contributed by atoms with van der Waals surface area (Å²) < 4.78 is 30.2. The smallest absolute Gasteiger partial charge is 0.547 e. The van der Waals surface area contributed by atoms with Gasteiger partial charge in [0.2, 0.25) is 0 Å². The van der Waals surface area contributed by atoms with Gasteiger partial charge >= 0.3 is 111 Å². The van der Waals surface area contributed by atoms with Crippen molar-refractivity contribution in [2.75, 3.05) is 0 Å². The van der Waals surface area contributed by atoms with E-state index in [1.165, 1.54) is 0 Å². The maximum atomic E-state index is 10.1.